The molecule has 1 heterocycles. The topological polar surface area (TPSA) is 85.1 Å². The third kappa shape index (κ3) is 5.76. The predicted molar refractivity (Wildman–Crippen MR) is 143 cm³/mol. The molecule has 34 heavy (non-hydrogen) atoms. The van der Waals surface area contributed by atoms with Gasteiger partial charge in [0.2, 0.25) is 0 Å². The summed E-state index contributed by atoms with van der Waals surface area (Å²) >= 11 is 0. The van der Waals surface area contributed by atoms with Gasteiger partial charge in [0.15, 0.2) is 0 Å². The van der Waals surface area contributed by atoms with Gasteiger partial charge in [0.05, 0.1) is 0 Å². The van der Waals surface area contributed by atoms with Gasteiger partial charge in [-0.25, -0.2) is 0 Å². The summed E-state index contributed by atoms with van der Waals surface area (Å²) in [7, 11) is 11.9. The molecule has 0 spiro atoms. The summed E-state index contributed by atoms with van der Waals surface area (Å²) in [4.78, 5) is 8.74. The number of nitrogens with two attached hydrogens (primary N) is 1. The van der Waals surface area contributed by atoms with Crippen molar-refractivity contribution in [1.82, 2.24) is 9.97 Å². The number of rotatable bonds is 9. The zero-order valence-electron chi connectivity index (χ0n) is 18.6. The molecule has 0 aliphatic heterocycles. The van der Waals surface area contributed by atoms with Gasteiger partial charge in [-0.15, -0.1) is 6.42 Å². The molecular weight excluding hydrogens is 420 g/mol. The van der Waals surface area contributed by atoms with Crippen molar-refractivity contribution in [2.75, 3.05) is 23.0 Å². The quantitative estimate of drug-likeness (QED) is 0.160. The third-order valence-electron chi connectivity index (χ3n) is 5.13. The van der Waals surface area contributed by atoms with E-state index in [0.717, 1.165) is 22.2 Å². The van der Waals surface area contributed by atoms with Crippen molar-refractivity contribution in [2.45, 2.75) is 12.8 Å². The Morgan fingerprint density at radius 3 is 2.82 bits per heavy atom. The van der Waals surface area contributed by atoms with Crippen molar-refractivity contribution in [2.24, 2.45) is 0 Å². The first kappa shape index (κ1) is 22.9. The van der Waals surface area contributed by atoms with E-state index in [1.165, 1.54) is 6.33 Å². The SMILES string of the molecule is [B]c1ccc(N)c(NC(=[B])CCCOc2ccc3ncnc(Nc4cccc(C#C)c4)c3c2)c1. The number of fused-ring (bicyclic) bond motifs is 1. The summed E-state index contributed by atoms with van der Waals surface area (Å²) in [5, 5.41) is 7.27. The summed E-state index contributed by atoms with van der Waals surface area (Å²) in [6.45, 7) is 0.487. The summed E-state index contributed by atoms with van der Waals surface area (Å²) < 4.78 is 5.95. The normalized spacial score (nSPS) is 10.4. The van der Waals surface area contributed by atoms with E-state index in [1.54, 1.807) is 18.2 Å². The van der Waals surface area contributed by atoms with Crippen molar-refractivity contribution in [3.8, 4) is 18.1 Å². The van der Waals surface area contributed by atoms with Crippen LogP contribution in [0.1, 0.15) is 18.4 Å². The van der Waals surface area contributed by atoms with Gasteiger partial charge in [0.25, 0.3) is 0 Å². The first-order chi connectivity index (χ1) is 16.5. The zero-order valence-corrected chi connectivity index (χ0v) is 18.6. The molecule has 0 aliphatic rings. The number of aromatic nitrogens is 2. The summed E-state index contributed by atoms with van der Waals surface area (Å²) in [5.74, 6) is 4.02. The van der Waals surface area contributed by atoms with Gasteiger partial charge in [-0.05, 0) is 6.07 Å². The minimum atomic E-state index is 0.487. The summed E-state index contributed by atoms with van der Waals surface area (Å²) in [5.41, 5.74) is 10.9. The van der Waals surface area contributed by atoms with Crippen LogP contribution in [-0.4, -0.2) is 37.5 Å². The number of ether oxygens (including phenoxy) is 1. The number of benzene rings is 3. The third-order valence-corrected chi connectivity index (χ3v) is 5.13. The van der Waals surface area contributed by atoms with Gasteiger partial charge in [-0.3, -0.25) is 0 Å². The van der Waals surface area contributed by atoms with Gasteiger partial charge < -0.3 is 0 Å². The number of hydrogen-bond acceptors (Lipinski definition) is 6. The first-order valence-corrected chi connectivity index (χ1v) is 10.8. The molecule has 0 aliphatic carbocycles. The molecule has 3 aromatic carbocycles. The molecule has 8 heteroatoms. The van der Waals surface area contributed by atoms with E-state index >= 15 is 0 Å². The molecule has 163 valence electrons. The van der Waals surface area contributed by atoms with E-state index in [9.17, 15) is 0 Å². The summed E-state index contributed by atoms with van der Waals surface area (Å²) in [6.07, 6.45) is 8.36. The van der Waals surface area contributed by atoms with Crippen LogP contribution in [0.3, 0.4) is 0 Å². The molecular formula is C26H22B2N5O. The van der Waals surface area contributed by atoms with Gasteiger partial charge >= 0.3 is 171 Å². The molecule has 3 radical (unpaired) electrons. The average Bonchev–Trinajstić information content (AvgIpc) is 2.84. The standard InChI is InChI=1S/C26H22B2N5O/c1-2-17-5-3-6-19(13-17)32-26-21-15-20(9-11-23(21)30-16-31-26)34-12-4-7-25(28)33-24-14-18(27)8-10-22(24)29/h1,3,5-6,8-11,13-16,33H,4,7,12,29H2,(H,30,31,32). The molecule has 4 rings (SSSR count). The van der Waals surface area contributed by atoms with Crippen LogP contribution in [0.15, 0.2) is 67.0 Å². The van der Waals surface area contributed by atoms with Crippen LogP contribution >= 0.6 is 0 Å². The first-order valence-electron chi connectivity index (χ1n) is 10.8. The van der Waals surface area contributed by atoms with E-state index in [1.807, 2.05) is 42.5 Å². The Morgan fingerprint density at radius 2 is 1.97 bits per heavy atom. The van der Waals surface area contributed by atoms with E-state index in [2.05, 4.69) is 26.5 Å². The van der Waals surface area contributed by atoms with E-state index in [0.29, 0.717) is 53.4 Å². The Hall–Kier alpha value is -4.24. The van der Waals surface area contributed by atoms with Crippen molar-refractivity contribution in [3.63, 3.8) is 0 Å². The average molecular weight is 442 g/mol. The van der Waals surface area contributed by atoms with Crippen LogP contribution in [0.2, 0.25) is 0 Å². The number of hydrogen-bond donors (Lipinski definition) is 3. The molecule has 4 aromatic rings. The molecule has 0 amide bonds. The second-order valence-corrected chi connectivity index (χ2v) is 7.70. The molecule has 0 bridgehead atoms. The fourth-order valence-electron chi connectivity index (χ4n) is 3.42. The Bertz CT molecular complexity index is 1380. The molecule has 0 saturated heterocycles. The molecule has 0 saturated carbocycles. The Labute approximate surface area is 201 Å². The molecule has 0 atom stereocenters. The van der Waals surface area contributed by atoms with E-state index in [-0.39, 0.29) is 0 Å². The molecule has 1 aromatic heterocycles. The van der Waals surface area contributed by atoms with Crippen LogP contribution in [-0.2, 0) is 0 Å². The Morgan fingerprint density at radius 1 is 1.09 bits per heavy atom. The molecule has 0 unspecified atom stereocenters. The fraction of sp³-hybridized carbons (Fsp3) is 0.115. The van der Waals surface area contributed by atoms with Gasteiger partial charge in [-0.2, -0.15) is 0 Å². The number of nitrogens with one attached hydrogen (secondary N) is 2. The van der Waals surface area contributed by atoms with E-state index < -0.39 is 0 Å². The van der Waals surface area contributed by atoms with Gasteiger partial charge in [-0.1, -0.05) is 12.0 Å². The number of nitrogen functional groups attached to an aromatic ring is 1. The molecule has 4 N–H and O–H groups in total. The zero-order chi connectivity index (χ0) is 23.9. The van der Waals surface area contributed by atoms with Gasteiger partial charge in [0, 0.05) is 5.56 Å². The minimum absolute atomic E-state index is 0.487. The van der Waals surface area contributed by atoms with Crippen molar-refractivity contribution >= 4 is 60.2 Å². The van der Waals surface area contributed by atoms with Crippen LogP contribution in [0.5, 0.6) is 5.75 Å². The second-order valence-electron chi connectivity index (χ2n) is 7.70. The molecule has 6 nitrogen and oxygen atoms in total. The van der Waals surface area contributed by atoms with Crippen LogP contribution in [0.4, 0.5) is 22.9 Å². The maximum absolute atomic E-state index is 6.11. The van der Waals surface area contributed by atoms with Crippen molar-refractivity contribution in [1.29, 1.82) is 0 Å². The fourth-order valence-corrected chi connectivity index (χ4v) is 3.42. The van der Waals surface area contributed by atoms with Crippen LogP contribution in [0, 0.1) is 12.3 Å². The molecule has 0 fully saturated rings. The van der Waals surface area contributed by atoms with Crippen LogP contribution in [0.25, 0.3) is 10.9 Å². The number of terminal acetylenes is 1. The van der Waals surface area contributed by atoms with Crippen molar-refractivity contribution < 1.29 is 4.74 Å². The Kier molecular flexibility index (Phi) is 7.14. The van der Waals surface area contributed by atoms with Crippen molar-refractivity contribution in [3.05, 3.63) is 72.6 Å². The predicted octanol–water partition coefficient (Wildman–Crippen LogP) is 3.30. The van der Waals surface area contributed by atoms with Crippen LogP contribution < -0.4 is 26.6 Å². The number of nitrogens with zero attached hydrogens (tertiary/aromatic N) is 2. The summed E-state index contributed by atoms with van der Waals surface area (Å²) in [6, 6.07) is 18.5. The monoisotopic (exact) mass is 442 g/mol. The Balaban J connectivity index is 1.37. The van der Waals surface area contributed by atoms with E-state index in [4.69, 9.17) is 32.2 Å². The number of anilines is 4. The maximum atomic E-state index is 6.11. The van der Waals surface area contributed by atoms with Gasteiger partial charge in [0.1, 0.15) is 0 Å². The second kappa shape index (κ2) is 10.6.